The summed E-state index contributed by atoms with van der Waals surface area (Å²) in [5, 5.41) is 0.171. The van der Waals surface area contributed by atoms with Crippen LogP contribution in [0.25, 0.3) is 0 Å². The maximum atomic E-state index is 6.15. The fourth-order valence-corrected chi connectivity index (χ4v) is 4.62. The van der Waals surface area contributed by atoms with Crippen molar-refractivity contribution in [1.82, 2.24) is 0 Å². The van der Waals surface area contributed by atoms with E-state index in [0.29, 0.717) is 13.2 Å². The second-order valence-corrected chi connectivity index (χ2v) is 7.81. The molecule has 0 aliphatic carbocycles. The maximum Gasteiger partial charge on any atom is 0.162 e. The predicted molar refractivity (Wildman–Crippen MR) is 89.0 cm³/mol. The molecular formula is C15H16ClNO2S2. The number of thioether (sulfide) groups is 1. The number of fused-ring (bicyclic) bond motifs is 1. The standard InChI is InChI=1S/C15H16ClNO2S2/c1-9(17)15(13-4-5-14(16)21-13)20-10-2-3-11-12(8-10)19-7-6-18-11/h2-5,8-9,15H,6-7,17H2,1H3. The Morgan fingerprint density at radius 3 is 2.62 bits per heavy atom. The minimum Gasteiger partial charge on any atom is -0.486 e. The molecule has 1 aliphatic rings. The van der Waals surface area contributed by atoms with Crippen LogP contribution in [0.15, 0.2) is 35.2 Å². The summed E-state index contributed by atoms with van der Waals surface area (Å²) in [5.74, 6) is 1.61. The Kier molecular flexibility index (Phi) is 4.64. The number of benzene rings is 1. The van der Waals surface area contributed by atoms with Gasteiger partial charge in [-0.2, -0.15) is 0 Å². The molecule has 0 radical (unpaired) electrons. The first-order valence-corrected chi connectivity index (χ1v) is 8.78. The van der Waals surface area contributed by atoms with Crippen molar-refractivity contribution in [3.05, 3.63) is 39.5 Å². The van der Waals surface area contributed by atoms with Gasteiger partial charge in [-0.3, -0.25) is 0 Å². The van der Waals surface area contributed by atoms with Gasteiger partial charge >= 0.3 is 0 Å². The Balaban J connectivity index is 1.83. The molecular weight excluding hydrogens is 326 g/mol. The van der Waals surface area contributed by atoms with Gasteiger partial charge in [-0.15, -0.1) is 23.1 Å². The van der Waals surface area contributed by atoms with Crippen LogP contribution in [-0.2, 0) is 0 Å². The molecule has 112 valence electrons. The van der Waals surface area contributed by atoms with Crippen molar-refractivity contribution in [2.45, 2.75) is 23.1 Å². The summed E-state index contributed by atoms with van der Waals surface area (Å²) in [6.45, 7) is 3.22. The monoisotopic (exact) mass is 341 g/mol. The van der Waals surface area contributed by atoms with Crippen LogP contribution in [0.1, 0.15) is 17.1 Å². The van der Waals surface area contributed by atoms with E-state index < -0.39 is 0 Å². The van der Waals surface area contributed by atoms with Crippen LogP contribution in [0.4, 0.5) is 0 Å². The van der Waals surface area contributed by atoms with E-state index in [1.165, 1.54) is 4.88 Å². The molecule has 0 saturated carbocycles. The normalized spacial score (nSPS) is 16.5. The van der Waals surface area contributed by atoms with Gasteiger partial charge in [-0.1, -0.05) is 11.6 Å². The number of rotatable bonds is 4. The zero-order valence-corrected chi connectivity index (χ0v) is 13.9. The highest BCUT2D eigenvalue weighted by atomic mass is 35.5. The molecule has 2 N–H and O–H groups in total. The zero-order valence-electron chi connectivity index (χ0n) is 11.5. The van der Waals surface area contributed by atoms with Crippen LogP contribution >= 0.6 is 34.7 Å². The van der Waals surface area contributed by atoms with Crippen LogP contribution in [0.2, 0.25) is 4.34 Å². The lowest BCUT2D eigenvalue weighted by atomic mass is 10.2. The first kappa shape index (κ1) is 15.0. The molecule has 3 rings (SSSR count). The quantitative estimate of drug-likeness (QED) is 0.839. The average Bonchev–Trinajstić information content (AvgIpc) is 2.90. The predicted octanol–water partition coefficient (Wildman–Crippen LogP) is 4.35. The van der Waals surface area contributed by atoms with E-state index >= 15 is 0 Å². The number of ether oxygens (including phenoxy) is 2. The molecule has 0 saturated heterocycles. The van der Waals surface area contributed by atoms with Gasteiger partial charge in [0.2, 0.25) is 0 Å². The van der Waals surface area contributed by atoms with E-state index in [-0.39, 0.29) is 11.3 Å². The van der Waals surface area contributed by atoms with Gasteiger partial charge in [0.1, 0.15) is 13.2 Å². The Morgan fingerprint density at radius 2 is 1.95 bits per heavy atom. The lowest BCUT2D eigenvalue weighted by Crippen LogP contribution is -2.21. The zero-order chi connectivity index (χ0) is 14.8. The van der Waals surface area contributed by atoms with E-state index in [9.17, 15) is 0 Å². The smallest absolute Gasteiger partial charge is 0.162 e. The minimum atomic E-state index is 0.0258. The summed E-state index contributed by atoms with van der Waals surface area (Å²) < 4.78 is 12.0. The molecule has 1 aromatic carbocycles. The number of hydrogen-bond donors (Lipinski definition) is 1. The molecule has 2 aromatic rings. The van der Waals surface area contributed by atoms with Crippen LogP contribution in [0, 0.1) is 0 Å². The third-order valence-corrected chi connectivity index (χ3v) is 6.06. The van der Waals surface area contributed by atoms with Crippen molar-refractivity contribution < 1.29 is 9.47 Å². The summed E-state index contributed by atoms with van der Waals surface area (Å²) in [6, 6.07) is 10.0. The van der Waals surface area contributed by atoms with Crippen molar-refractivity contribution in [3.63, 3.8) is 0 Å². The van der Waals surface area contributed by atoms with Crippen molar-refractivity contribution in [2.24, 2.45) is 5.73 Å². The van der Waals surface area contributed by atoms with Crippen molar-refractivity contribution in [2.75, 3.05) is 13.2 Å². The Bertz CT molecular complexity index is 630. The molecule has 0 fully saturated rings. The topological polar surface area (TPSA) is 44.5 Å². The highest BCUT2D eigenvalue weighted by Gasteiger charge is 2.21. The lowest BCUT2D eigenvalue weighted by molar-refractivity contribution is 0.171. The van der Waals surface area contributed by atoms with Crippen molar-refractivity contribution in [3.8, 4) is 11.5 Å². The van der Waals surface area contributed by atoms with E-state index in [1.807, 2.05) is 37.3 Å². The van der Waals surface area contributed by atoms with Gasteiger partial charge in [0.15, 0.2) is 11.5 Å². The molecule has 2 unspecified atom stereocenters. The summed E-state index contributed by atoms with van der Waals surface area (Å²) in [7, 11) is 0. The largest absolute Gasteiger partial charge is 0.486 e. The van der Waals surface area contributed by atoms with E-state index in [0.717, 1.165) is 20.7 Å². The van der Waals surface area contributed by atoms with Gasteiger partial charge < -0.3 is 15.2 Å². The highest BCUT2D eigenvalue weighted by Crippen LogP contribution is 2.43. The fourth-order valence-electron chi connectivity index (χ4n) is 2.15. The second kappa shape index (κ2) is 6.48. The Hall–Kier alpha value is -0.880. The maximum absolute atomic E-state index is 6.15. The van der Waals surface area contributed by atoms with Crippen molar-refractivity contribution in [1.29, 1.82) is 0 Å². The molecule has 0 amide bonds. The number of thiophene rings is 1. The number of hydrogen-bond acceptors (Lipinski definition) is 5. The Morgan fingerprint density at radius 1 is 1.19 bits per heavy atom. The van der Waals surface area contributed by atoms with Crippen molar-refractivity contribution >= 4 is 34.7 Å². The second-order valence-electron chi connectivity index (χ2n) is 4.84. The van der Waals surface area contributed by atoms with Gasteiger partial charge in [-0.05, 0) is 37.3 Å². The van der Waals surface area contributed by atoms with Gasteiger partial charge in [0.05, 0.1) is 9.59 Å². The molecule has 1 aliphatic heterocycles. The number of halogens is 1. The minimum absolute atomic E-state index is 0.0258. The van der Waals surface area contributed by atoms with E-state index in [1.54, 1.807) is 23.1 Å². The van der Waals surface area contributed by atoms with Crippen LogP contribution in [-0.4, -0.2) is 19.3 Å². The summed E-state index contributed by atoms with van der Waals surface area (Å²) >= 11 is 9.35. The molecule has 6 heteroatoms. The van der Waals surface area contributed by atoms with Crippen LogP contribution < -0.4 is 15.2 Å². The SMILES string of the molecule is CC(N)C(Sc1ccc2c(c1)OCCO2)c1ccc(Cl)s1. The fraction of sp³-hybridized carbons (Fsp3) is 0.333. The van der Waals surface area contributed by atoms with Gasteiger partial charge in [-0.25, -0.2) is 0 Å². The molecule has 3 nitrogen and oxygen atoms in total. The summed E-state index contributed by atoms with van der Waals surface area (Å²) in [5.41, 5.74) is 6.15. The van der Waals surface area contributed by atoms with Crippen LogP contribution in [0.5, 0.6) is 11.5 Å². The van der Waals surface area contributed by atoms with E-state index in [2.05, 4.69) is 0 Å². The Labute approximate surface area is 137 Å². The van der Waals surface area contributed by atoms with Gasteiger partial charge in [0.25, 0.3) is 0 Å². The highest BCUT2D eigenvalue weighted by molar-refractivity contribution is 7.99. The van der Waals surface area contributed by atoms with E-state index in [4.69, 9.17) is 26.8 Å². The lowest BCUT2D eigenvalue weighted by Gasteiger charge is -2.22. The molecule has 0 bridgehead atoms. The van der Waals surface area contributed by atoms with Crippen LogP contribution in [0.3, 0.4) is 0 Å². The average molecular weight is 342 g/mol. The molecule has 0 spiro atoms. The third-order valence-electron chi connectivity index (χ3n) is 3.13. The number of nitrogens with two attached hydrogens (primary N) is 1. The molecule has 2 heterocycles. The summed E-state index contributed by atoms with van der Waals surface area (Å²) in [6.07, 6.45) is 0. The summed E-state index contributed by atoms with van der Waals surface area (Å²) in [4.78, 5) is 2.31. The first-order chi connectivity index (χ1) is 10.1. The first-order valence-electron chi connectivity index (χ1n) is 6.70. The molecule has 21 heavy (non-hydrogen) atoms. The van der Waals surface area contributed by atoms with Gasteiger partial charge in [0, 0.05) is 15.8 Å². The molecule has 2 atom stereocenters. The molecule has 1 aromatic heterocycles. The third kappa shape index (κ3) is 3.48.